The van der Waals surface area contributed by atoms with E-state index in [1.165, 1.54) is 0 Å². The molecule has 0 saturated carbocycles. The molecule has 3 N–H and O–H groups in total. The van der Waals surface area contributed by atoms with Gasteiger partial charge in [0.05, 0.1) is 24.7 Å². The lowest BCUT2D eigenvalue weighted by Gasteiger charge is -2.28. The number of amides is 1. The first-order valence-electron chi connectivity index (χ1n) is 8.53. The highest BCUT2D eigenvalue weighted by Gasteiger charge is 2.35. The molecule has 0 fully saturated rings. The number of hydrogen-bond acceptors (Lipinski definition) is 7. The van der Waals surface area contributed by atoms with Gasteiger partial charge in [-0.05, 0) is 30.5 Å². The van der Waals surface area contributed by atoms with E-state index < -0.39 is 11.9 Å². The molecule has 0 aliphatic carbocycles. The fraction of sp³-hybridized carbons (Fsp3) is 0.211. The van der Waals surface area contributed by atoms with Crippen molar-refractivity contribution in [2.45, 2.75) is 13.0 Å². The van der Waals surface area contributed by atoms with Gasteiger partial charge in [-0.25, -0.2) is 4.68 Å². The topological polar surface area (TPSA) is 104 Å². The lowest BCUT2D eigenvalue weighted by molar-refractivity contribution is -0.115. The zero-order chi connectivity index (χ0) is 19.8. The van der Waals surface area contributed by atoms with Gasteiger partial charge >= 0.3 is 0 Å². The van der Waals surface area contributed by atoms with Crippen LogP contribution >= 0.6 is 11.3 Å². The van der Waals surface area contributed by atoms with Crippen LogP contribution in [-0.4, -0.2) is 34.9 Å². The van der Waals surface area contributed by atoms with E-state index in [0.717, 1.165) is 10.4 Å². The minimum atomic E-state index is -0.573. The van der Waals surface area contributed by atoms with E-state index >= 15 is 0 Å². The van der Waals surface area contributed by atoms with Gasteiger partial charge in [0.25, 0.3) is 0 Å². The van der Waals surface area contributed by atoms with Crippen LogP contribution in [0, 0.1) is 0 Å². The van der Waals surface area contributed by atoms with E-state index in [1.807, 2.05) is 29.6 Å². The van der Waals surface area contributed by atoms with Gasteiger partial charge in [0.15, 0.2) is 5.82 Å². The number of nitrogens with two attached hydrogens (primary N) is 1. The van der Waals surface area contributed by atoms with Gasteiger partial charge in [0, 0.05) is 17.3 Å². The van der Waals surface area contributed by atoms with Crippen LogP contribution in [0.15, 0.2) is 47.0 Å². The zero-order valence-corrected chi connectivity index (χ0v) is 16.4. The van der Waals surface area contributed by atoms with Crippen molar-refractivity contribution >= 4 is 23.2 Å². The molecule has 2 aromatic heterocycles. The Bertz CT molecular complexity index is 1070. The number of hydrogen-bond donors (Lipinski definition) is 2. The molecule has 1 atom stereocenters. The van der Waals surface area contributed by atoms with Crippen LogP contribution in [0.3, 0.4) is 0 Å². The average molecular weight is 397 g/mol. The van der Waals surface area contributed by atoms with Gasteiger partial charge in [0.2, 0.25) is 11.9 Å². The number of nitrogens with zero attached hydrogens (tertiary/aromatic N) is 3. The van der Waals surface area contributed by atoms with E-state index in [1.54, 1.807) is 43.2 Å². The quantitative estimate of drug-likeness (QED) is 0.686. The van der Waals surface area contributed by atoms with Crippen molar-refractivity contribution < 1.29 is 14.3 Å². The summed E-state index contributed by atoms with van der Waals surface area (Å²) in [4.78, 5) is 17.9. The summed E-state index contributed by atoms with van der Waals surface area (Å²) in [6.07, 6.45) is 0. The Morgan fingerprint density at radius 1 is 1.29 bits per heavy atom. The summed E-state index contributed by atoms with van der Waals surface area (Å²) in [6, 6.07) is 8.74. The number of fused-ring (bicyclic) bond motifs is 1. The summed E-state index contributed by atoms with van der Waals surface area (Å²) in [7, 11) is 3.15. The summed E-state index contributed by atoms with van der Waals surface area (Å²) in [5, 5.41) is 9.76. The first-order valence-corrected chi connectivity index (χ1v) is 9.41. The smallest absolute Gasteiger partial charge is 0.248 e. The number of thiophene rings is 1. The van der Waals surface area contributed by atoms with Crippen molar-refractivity contribution in [3.63, 3.8) is 0 Å². The van der Waals surface area contributed by atoms with Gasteiger partial charge in [-0.3, -0.25) is 4.79 Å². The molecule has 0 unspecified atom stereocenters. The predicted molar refractivity (Wildman–Crippen MR) is 107 cm³/mol. The maximum atomic E-state index is 12.3. The SMILES string of the molecule is COc1ccc([C@@H]2C(C(N)=O)=C(C)Nc3nc(-c4cccs4)nn32)c(OC)c1. The molecule has 1 aliphatic heterocycles. The van der Waals surface area contributed by atoms with Gasteiger partial charge in [0.1, 0.15) is 17.5 Å². The molecule has 3 heterocycles. The molecule has 28 heavy (non-hydrogen) atoms. The molecule has 0 radical (unpaired) electrons. The number of nitrogens with one attached hydrogen (secondary N) is 1. The molecule has 9 heteroatoms. The molecule has 8 nitrogen and oxygen atoms in total. The number of carbonyl (C=O) groups excluding carboxylic acids is 1. The fourth-order valence-corrected chi connectivity index (χ4v) is 3.97. The molecular formula is C19H19N5O3S. The van der Waals surface area contributed by atoms with Gasteiger partial charge < -0.3 is 20.5 Å². The Morgan fingerprint density at radius 2 is 2.11 bits per heavy atom. The van der Waals surface area contributed by atoms with Gasteiger partial charge in [-0.1, -0.05) is 6.07 Å². The third-order valence-corrected chi connectivity index (χ3v) is 5.46. The Labute approximate surface area is 165 Å². The van der Waals surface area contributed by atoms with Crippen LogP contribution in [0.2, 0.25) is 0 Å². The van der Waals surface area contributed by atoms with Crippen molar-refractivity contribution in [1.82, 2.24) is 14.8 Å². The second-order valence-corrected chi connectivity index (χ2v) is 7.17. The van der Waals surface area contributed by atoms with Crippen LogP contribution < -0.4 is 20.5 Å². The number of primary amides is 1. The van der Waals surface area contributed by atoms with Gasteiger partial charge in [-0.2, -0.15) is 4.98 Å². The summed E-state index contributed by atoms with van der Waals surface area (Å²) in [6.45, 7) is 1.80. The summed E-state index contributed by atoms with van der Waals surface area (Å²) in [5.74, 6) is 1.79. The molecule has 4 rings (SSSR count). The van der Waals surface area contributed by atoms with E-state index in [2.05, 4.69) is 15.4 Å². The Morgan fingerprint density at radius 3 is 2.75 bits per heavy atom. The highest BCUT2D eigenvalue weighted by molar-refractivity contribution is 7.13. The number of rotatable bonds is 5. The van der Waals surface area contributed by atoms with Crippen LogP contribution in [0.4, 0.5) is 5.95 Å². The zero-order valence-electron chi connectivity index (χ0n) is 15.6. The second kappa shape index (κ2) is 7.01. The van der Waals surface area contributed by atoms with Crippen LogP contribution in [-0.2, 0) is 4.79 Å². The number of anilines is 1. The molecule has 3 aromatic rings. The number of methoxy groups -OCH3 is 2. The summed E-state index contributed by atoms with van der Waals surface area (Å²) in [5.41, 5.74) is 7.50. The number of aromatic nitrogens is 3. The lowest BCUT2D eigenvalue weighted by Crippen LogP contribution is -2.32. The van der Waals surface area contributed by atoms with Crippen molar-refractivity contribution in [1.29, 1.82) is 0 Å². The molecular weight excluding hydrogens is 378 g/mol. The van der Waals surface area contributed by atoms with Crippen LogP contribution in [0.25, 0.3) is 10.7 Å². The van der Waals surface area contributed by atoms with E-state index in [-0.39, 0.29) is 0 Å². The molecule has 0 bridgehead atoms. The minimum Gasteiger partial charge on any atom is -0.497 e. The van der Waals surface area contributed by atoms with E-state index in [4.69, 9.17) is 15.2 Å². The number of ether oxygens (including phenoxy) is 2. The number of allylic oxidation sites excluding steroid dienone is 1. The highest BCUT2D eigenvalue weighted by Crippen LogP contribution is 2.41. The second-order valence-electron chi connectivity index (χ2n) is 6.22. The first kappa shape index (κ1) is 18.1. The molecule has 0 saturated heterocycles. The minimum absolute atomic E-state index is 0.401. The third-order valence-electron chi connectivity index (χ3n) is 4.59. The Hall–Kier alpha value is -3.33. The lowest BCUT2D eigenvalue weighted by atomic mass is 9.94. The molecule has 0 spiro atoms. The number of carbonyl (C=O) groups is 1. The van der Waals surface area contributed by atoms with Crippen molar-refractivity contribution in [2.24, 2.45) is 5.73 Å². The van der Waals surface area contributed by atoms with Gasteiger partial charge in [-0.15, -0.1) is 16.4 Å². The third kappa shape index (κ3) is 2.89. The normalized spacial score (nSPS) is 15.8. The molecule has 1 aromatic carbocycles. The fourth-order valence-electron chi connectivity index (χ4n) is 3.31. The molecule has 1 aliphatic rings. The first-order chi connectivity index (χ1) is 13.5. The van der Waals surface area contributed by atoms with E-state index in [0.29, 0.717) is 34.5 Å². The standard InChI is InChI=1S/C19H19N5O3S/c1-10-15(17(20)25)16(12-7-6-11(26-2)9-13(12)27-3)24-19(21-10)22-18(23-24)14-5-4-8-28-14/h4-9,16H,1-3H3,(H2,20,25)(H,21,22,23)/t16-/m1/s1. The maximum absolute atomic E-state index is 12.3. The molecule has 1 amide bonds. The van der Waals surface area contributed by atoms with E-state index in [9.17, 15) is 4.79 Å². The molecule has 144 valence electrons. The summed E-state index contributed by atoms with van der Waals surface area (Å²) < 4.78 is 12.5. The largest absolute Gasteiger partial charge is 0.497 e. The predicted octanol–water partition coefficient (Wildman–Crippen LogP) is 2.80. The Balaban J connectivity index is 1.92. The Kier molecular flexibility index (Phi) is 4.52. The average Bonchev–Trinajstić information content (AvgIpc) is 3.35. The van der Waals surface area contributed by atoms with Crippen molar-refractivity contribution in [2.75, 3.05) is 19.5 Å². The monoisotopic (exact) mass is 397 g/mol. The summed E-state index contributed by atoms with van der Waals surface area (Å²) >= 11 is 1.54. The van der Waals surface area contributed by atoms with Crippen molar-refractivity contribution in [3.05, 3.63) is 52.5 Å². The van der Waals surface area contributed by atoms with Crippen LogP contribution in [0.1, 0.15) is 18.5 Å². The highest BCUT2D eigenvalue weighted by atomic mass is 32.1. The number of benzene rings is 1. The van der Waals surface area contributed by atoms with Crippen molar-refractivity contribution in [3.8, 4) is 22.2 Å². The van der Waals surface area contributed by atoms with Crippen LogP contribution in [0.5, 0.6) is 11.5 Å². The maximum Gasteiger partial charge on any atom is 0.248 e.